The number of hydrogen-bond acceptors (Lipinski definition) is 14. The second-order valence-corrected chi connectivity index (χ2v) is 10.4. The fourth-order valence-corrected chi connectivity index (χ4v) is 3.73. The molecular weight excluding hydrogens is 823 g/mol. The average molecular weight is 854 g/mol. The number of para-hydroxylation sites is 1. The van der Waals surface area contributed by atoms with Crippen molar-refractivity contribution in [2.24, 2.45) is 11.8 Å². The van der Waals surface area contributed by atoms with Crippen LogP contribution in [0.2, 0.25) is 0 Å². The van der Waals surface area contributed by atoms with Crippen LogP contribution in [0, 0.1) is 11.8 Å². The second-order valence-electron chi connectivity index (χ2n) is 7.65. The first-order chi connectivity index (χ1) is 16.7. The summed E-state index contributed by atoms with van der Waals surface area (Å²) in [6, 6.07) is 9.23. The van der Waals surface area contributed by atoms with Crippen LogP contribution < -0.4 is 35.7 Å². The van der Waals surface area contributed by atoms with Crippen LogP contribution in [0.15, 0.2) is 54.3 Å². The standard InChI is InChI=1S/C17H16N2O2.2CHF3O3S.5H3N.Os/c1-18-10-9-11-7-8-13-14(15(11)18)17(21)19(16(13)20)12-5-3-2-4-6-12;2*2-1(3,4)8(5,6)7;;;;;;/h2-7,9-10,13-15H,8H2,1H3;2*(H,5,6,7);5*1H3;/q;;;;;;;;+2/p-2/t13-,14-,15+;;;;;;;;/m0......../s1. The van der Waals surface area contributed by atoms with E-state index in [1.807, 2.05) is 54.6 Å². The first-order valence-electron chi connectivity index (χ1n) is 9.76. The van der Waals surface area contributed by atoms with E-state index in [-0.39, 0.29) is 80.2 Å². The van der Waals surface area contributed by atoms with Crippen LogP contribution in [0.5, 0.6) is 0 Å². The van der Waals surface area contributed by atoms with Crippen molar-refractivity contribution < 1.29 is 81.7 Å². The molecule has 3 aliphatic rings. The normalized spacial score (nSPS) is 20.1. The molecule has 1 saturated heterocycles. The minimum Gasteiger partial charge on any atom is -0.741 e. The molecule has 2 heterocycles. The van der Waals surface area contributed by atoms with Gasteiger partial charge in [-0.25, -0.2) is 21.7 Å². The van der Waals surface area contributed by atoms with Crippen molar-refractivity contribution in [3.63, 3.8) is 0 Å². The topological polar surface area (TPSA) is 330 Å². The van der Waals surface area contributed by atoms with E-state index in [4.69, 9.17) is 25.9 Å². The number of halogens is 6. The van der Waals surface area contributed by atoms with Gasteiger partial charge in [-0.2, -0.15) is 26.3 Å². The number of rotatable bonds is 1. The molecule has 0 saturated carbocycles. The van der Waals surface area contributed by atoms with Gasteiger partial charge in [-0.05, 0) is 36.4 Å². The maximum Gasteiger partial charge on any atom is 2.00 e. The van der Waals surface area contributed by atoms with E-state index < -0.39 is 31.3 Å². The van der Waals surface area contributed by atoms with Crippen LogP contribution in [0.3, 0.4) is 0 Å². The van der Waals surface area contributed by atoms with Crippen LogP contribution in [-0.4, -0.2) is 66.8 Å². The molecule has 1 aromatic carbocycles. The van der Waals surface area contributed by atoms with Crippen molar-refractivity contribution in [2.75, 3.05) is 11.9 Å². The first kappa shape index (κ1) is 50.1. The summed E-state index contributed by atoms with van der Waals surface area (Å²) in [7, 11) is -10.2. The molecule has 2 amide bonds. The molecule has 2 aliphatic heterocycles. The number of fused-ring (bicyclic) bond motifs is 3. The van der Waals surface area contributed by atoms with Crippen molar-refractivity contribution in [3.05, 3.63) is 54.3 Å². The van der Waals surface area contributed by atoms with E-state index in [2.05, 4.69) is 6.08 Å². The summed E-state index contributed by atoms with van der Waals surface area (Å²) in [5, 5.41) is 0. The summed E-state index contributed by atoms with van der Waals surface area (Å²) >= 11 is 0. The van der Waals surface area contributed by atoms with E-state index in [0.717, 1.165) is 5.57 Å². The molecule has 4 rings (SSSR count). The van der Waals surface area contributed by atoms with Crippen molar-refractivity contribution >= 4 is 37.7 Å². The summed E-state index contributed by atoms with van der Waals surface area (Å²) in [6.45, 7) is 0. The van der Waals surface area contributed by atoms with Crippen molar-refractivity contribution in [1.82, 2.24) is 35.7 Å². The van der Waals surface area contributed by atoms with Gasteiger partial charge in [0.2, 0.25) is 11.8 Å². The Hall–Kier alpha value is -2.52. The minimum atomic E-state index is -6.09. The maximum absolute atomic E-state index is 12.9. The molecule has 1 fully saturated rings. The Bertz CT molecular complexity index is 1290. The van der Waals surface area contributed by atoms with Gasteiger partial charge in [0.05, 0.1) is 23.6 Å². The largest absolute Gasteiger partial charge is 2.00 e. The Labute approximate surface area is 256 Å². The predicted molar refractivity (Wildman–Crippen MR) is 136 cm³/mol. The van der Waals surface area contributed by atoms with Crippen LogP contribution >= 0.6 is 0 Å². The van der Waals surface area contributed by atoms with E-state index in [1.54, 1.807) is 0 Å². The first-order valence-corrected chi connectivity index (χ1v) is 12.6. The number of likely N-dealkylation sites (N-methyl/N-ethyl adjacent to an activating group) is 1. The van der Waals surface area contributed by atoms with Gasteiger partial charge in [-0.1, -0.05) is 24.3 Å². The summed E-state index contributed by atoms with van der Waals surface area (Å²) in [5.41, 5.74) is -9.45. The zero-order chi connectivity index (χ0) is 28.6. The number of amides is 2. The molecule has 43 heavy (non-hydrogen) atoms. The summed E-state index contributed by atoms with van der Waals surface area (Å²) in [4.78, 5) is 29.0. The van der Waals surface area contributed by atoms with E-state index in [0.29, 0.717) is 12.1 Å². The molecule has 0 radical (unpaired) electrons. The molecule has 24 heteroatoms. The third-order valence-electron chi connectivity index (χ3n) is 5.29. The average Bonchev–Trinajstić information content (AvgIpc) is 3.24. The molecule has 252 valence electrons. The van der Waals surface area contributed by atoms with Crippen LogP contribution in [0.1, 0.15) is 6.42 Å². The third kappa shape index (κ3) is 11.5. The number of carbonyl (C=O) groups is 2. The van der Waals surface area contributed by atoms with Gasteiger partial charge in [0.1, 0.15) is 0 Å². The summed E-state index contributed by atoms with van der Waals surface area (Å²) < 4.78 is 118. The summed E-state index contributed by atoms with van der Waals surface area (Å²) in [6.07, 6.45) is 6.79. The molecule has 15 N–H and O–H groups in total. The second kappa shape index (κ2) is 17.7. The zero-order valence-corrected chi connectivity index (χ0v) is 26.4. The Balaban J connectivity index is -0.000000189. The number of carbonyl (C=O) groups excluding carboxylic acids is 2. The van der Waals surface area contributed by atoms with Crippen molar-refractivity contribution in [2.45, 2.75) is 23.5 Å². The van der Waals surface area contributed by atoms with Crippen LogP contribution in [0.4, 0.5) is 32.0 Å². The maximum atomic E-state index is 12.9. The summed E-state index contributed by atoms with van der Waals surface area (Å²) in [5.74, 6) is -0.624. The van der Waals surface area contributed by atoms with Gasteiger partial charge < -0.3 is 44.8 Å². The Morgan fingerprint density at radius 1 is 0.791 bits per heavy atom. The van der Waals surface area contributed by atoms with Crippen molar-refractivity contribution in [3.8, 4) is 0 Å². The quantitative estimate of drug-likeness (QED) is 0.117. The van der Waals surface area contributed by atoms with Gasteiger partial charge in [-0.15, -0.1) is 0 Å². The Kier molecular flexibility index (Phi) is 20.6. The third-order valence-corrected chi connectivity index (χ3v) is 6.42. The molecule has 0 aromatic heterocycles. The molecule has 0 spiro atoms. The van der Waals surface area contributed by atoms with Crippen LogP contribution in [-0.2, 0) is 49.6 Å². The minimum absolute atomic E-state index is 0. The number of hydrogen-bond donors (Lipinski definition) is 5. The van der Waals surface area contributed by atoms with E-state index >= 15 is 0 Å². The Morgan fingerprint density at radius 3 is 1.56 bits per heavy atom. The van der Waals surface area contributed by atoms with Gasteiger partial charge >= 0.3 is 30.8 Å². The molecular formula is C19H31F6N7O8OsS2. The van der Waals surface area contributed by atoms with Gasteiger partial charge in [0.25, 0.3) is 0 Å². The number of anilines is 1. The Morgan fingerprint density at radius 2 is 1.19 bits per heavy atom. The number of benzene rings is 1. The zero-order valence-electron chi connectivity index (χ0n) is 22.2. The molecule has 1 aliphatic carbocycles. The smallest absolute Gasteiger partial charge is 0.741 e. The van der Waals surface area contributed by atoms with E-state index in [9.17, 15) is 35.9 Å². The number of nitrogens with zero attached hydrogens (tertiary/aromatic N) is 2. The number of alkyl halides is 6. The molecule has 0 unspecified atom stereocenters. The molecule has 3 atom stereocenters. The van der Waals surface area contributed by atoms with Gasteiger partial charge in [0.15, 0.2) is 20.2 Å². The molecule has 15 nitrogen and oxygen atoms in total. The molecule has 1 aromatic rings. The van der Waals surface area contributed by atoms with E-state index in [1.165, 1.54) is 4.90 Å². The fourth-order valence-electron chi connectivity index (χ4n) is 3.73. The molecule has 0 bridgehead atoms. The van der Waals surface area contributed by atoms with Crippen molar-refractivity contribution in [1.29, 1.82) is 0 Å². The van der Waals surface area contributed by atoms with Crippen LogP contribution in [0.25, 0.3) is 0 Å². The van der Waals surface area contributed by atoms with Gasteiger partial charge in [0, 0.05) is 7.05 Å². The predicted octanol–water partition coefficient (Wildman–Crippen LogP) is 2.86. The fraction of sp³-hybridized carbons (Fsp3) is 0.368. The number of imide groups is 1. The number of allylic oxidation sites excluding steroid dienone is 1. The monoisotopic (exact) mass is 855 g/mol. The van der Waals surface area contributed by atoms with Gasteiger partial charge in [-0.3, -0.25) is 9.59 Å². The SMILES string of the molecule is CN1C=CC2=CC[C@@H]3C(=O)N(c4ccccc4)C(=O)[C@@H]3[C@@H]21.N.N.N.N.N.O=S(=O)([O-])C(F)(F)F.O=S(=O)([O-])C(F)(F)F.[Os+2].